The normalized spacial score (nSPS) is 13.7. The van der Waals surface area contributed by atoms with Gasteiger partial charge >= 0.3 is 6.18 Å². The summed E-state index contributed by atoms with van der Waals surface area (Å²) < 4.78 is 40.2. The van der Waals surface area contributed by atoms with E-state index in [1.165, 1.54) is 29.4 Å². The van der Waals surface area contributed by atoms with Crippen molar-refractivity contribution in [1.29, 1.82) is 0 Å². The molecule has 0 fully saturated rings. The maximum atomic E-state index is 12.4. The summed E-state index contributed by atoms with van der Waals surface area (Å²) >= 11 is 0. The molecule has 2 rings (SSSR count). The van der Waals surface area contributed by atoms with Gasteiger partial charge in [-0.05, 0) is 13.0 Å². The van der Waals surface area contributed by atoms with E-state index >= 15 is 0 Å². The lowest BCUT2D eigenvalue weighted by Gasteiger charge is -2.12. The number of halogens is 3. The van der Waals surface area contributed by atoms with E-state index in [9.17, 15) is 13.2 Å². The molecular weight excluding hydrogens is 261 g/mol. The number of aromatic nitrogens is 4. The first-order chi connectivity index (χ1) is 8.91. The maximum Gasteiger partial charge on any atom is 0.418 e. The molecule has 0 spiro atoms. The molecule has 0 saturated heterocycles. The van der Waals surface area contributed by atoms with Crippen molar-refractivity contribution in [3.63, 3.8) is 0 Å². The van der Waals surface area contributed by atoms with Crippen LogP contribution in [0.15, 0.2) is 24.8 Å². The Bertz CT molecular complexity index is 546. The SMILES string of the molecule is CCn1ncnc1Cn1ccc(C(O)C(F)(F)F)c1. The Hall–Kier alpha value is -1.83. The van der Waals surface area contributed by atoms with E-state index in [1.807, 2.05) is 6.92 Å². The monoisotopic (exact) mass is 274 g/mol. The highest BCUT2D eigenvalue weighted by molar-refractivity contribution is 5.15. The summed E-state index contributed by atoms with van der Waals surface area (Å²) in [4.78, 5) is 4.03. The molecule has 0 aliphatic rings. The molecule has 0 amide bonds. The molecule has 0 aliphatic carbocycles. The van der Waals surface area contributed by atoms with Crippen molar-refractivity contribution >= 4 is 0 Å². The number of hydrogen-bond donors (Lipinski definition) is 1. The van der Waals surface area contributed by atoms with E-state index in [4.69, 9.17) is 5.11 Å². The van der Waals surface area contributed by atoms with Crippen LogP contribution in [0.5, 0.6) is 0 Å². The third-order valence-electron chi connectivity index (χ3n) is 2.72. The number of aryl methyl sites for hydroxylation is 1. The largest absolute Gasteiger partial charge is 0.418 e. The van der Waals surface area contributed by atoms with Crippen LogP contribution in [0.1, 0.15) is 24.4 Å². The van der Waals surface area contributed by atoms with Crippen LogP contribution in [0.4, 0.5) is 13.2 Å². The van der Waals surface area contributed by atoms with E-state index in [1.54, 1.807) is 4.68 Å². The fraction of sp³-hybridized carbons (Fsp3) is 0.455. The second-order valence-corrected chi connectivity index (χ2v) is 4.05. The maximum absolute atomic E-state index is 12.4. The highest BCUT2D eigenvalue weighted by atomic mass is 19.4. The summed E-state index contributed by atoms with van der Waals surface area (Å²) in [6.45, 7) is 2.83. The predicted molar refractivity (Wildman–Crippen MR) is 60.2 cm³/mol. The van der Waals surface area contributed by atoms with Gasteiger partial charge in [-0.1, -0.05) is 0 Å². The topological polar surface area (TPSA) is 55.9 Å². The van der Waals surface area contributed by atoms with Gasteiger partial charge in [0.15, 0.2) is 6.10 Å². The highest BCUT2D eigenvalue weighted by Gasteiger charge is 2.39. The summed E-state index contributed by atoms with van der Waals surface area (Å²) in [7, 11) is 0. The lowest BCUT2D eigenvalue weighted by atomic mass is 10.2. The van der Waals surface area contributed by atoms with E-state index < -0.39 is 12.3 Å². The van der Waals surface area contributed by atoms with Gasteiger partial charge in [0, 0.05) is 24.5 Å². The molecule has 1 unspecified atom stereocenters. The first kappa shape index (κ1) is 13.6. The van der Waals surface area contributed by atoms with E-state index in [0.29, 0.717) is 18.9 Å². The molecule has 0 saturated carbocycles. The molecule has 2 heterocycles. The first-order valence-corrected chi connectivity index (χ1v) is 5.69. The van der Waals surface area contributed by atoms with Crippen molar-refractivity contribution < 1.29 is 18.3 Å². The van der Waals surface area contributed by atoms with E-state index in [0.717, 1.165) is 0 Å². The predicted octanol–water partition coefficient (Wildman–Crippen LogP) is 1.74. The average Bonchev–Trinajstić information content (AvgIpc) is 2.96. The van der Waals surface area contributed by atoms with Gasteiger partial charge in [0.05, 0.1) is 6.54 Å². The Morgan fingerprint density at radius 2 is 2.16 bits per heavy atom. The van der Waals surface area contributed by atoms with Crippen molar-refractivity contribution in [3.8, 4) is 0 Å². The molecule has 0 aromatic carbocycles. The zero-order valence-corrected chi connectivity index (χ0v) is 10.2. The van der Waals surface area contributed by atoms with Gasteiger partial charge in [-0.3, -0.25) is 0 Å². The van der Waals surface area contributed by atoms with Gasteiger partial charge in [-0.2, -0.15) is 18.3 Å². The number of nitrogens with zero attached hydrogens (tertiary/aromatic N) is 4. The fourth-order valence-corrected chi connectivity index (χ4v) is 1.75. The third kappa shape index (κ3) is 2.95. The van der Waals surface area contributed by atoms with Crippen molar-refractivity contribution in [2.75, 3.05) is 0 Å². The second-order valence-electron chi connectivity index (χ2n) is 4.05. The molecular formula is C11H13F3N4O. The minimum Gasteiger partial charge on any atom is -0.379 e. The average molecular weight is 274 g/mol. The van der Waals surface area contributed by atoms with Crippen LogP contribution in [0.3, 0.4) is 0 Å². The van der Waals surface area contributed by atoms with Gasteiger partial charge < -0.3 is 9.67 Å². The Labute approximate surface area is 107 Å². The van der Waals surface area contributed by atoms with Crippen molar-refractivity contribution in [2.24, 2.45) is 0 Å². The third-order valence-corrected chi connectivity index (χ3v) is 2.72. The molecule has 0 aliphatic heterocycles. The highest BCUT2D eigenvalue weighted by Crippen LogP contribution is 2.32. The van der Waals surface area contributed by atoms with Crippen LogP contribution in [-0.2, 0) is 13.1 Å². The second kappa shape index (κ2) is 5.04. The number of aliphatic hydroxyl groups excluding tert-OH is 1. The Kier molecular flexibility index (Phi) is 3.61. The summed E-state index contributed by atoms with van der Waals surface area (Å²) in [5, 5.41) is 13.1. The van der Waals surface area contributed by atoms with Gasteiger partial charge in [0.25, 0.3) is 0 Å². The Balaban J connectivity index is 2.14. The smallest absolute Gasteiger partial charge is 0.379 e. The van der Waals surface area contributed by atoms with Gasteiger partial charge in [-0.15, -0.1) is 0 Å². The minimum atomic E-state index is -4.66. The van der Waals surface area contributed by atoms with Gasteiger partial charge in [0.1, 0.15) is 12.2 Å². The van der Waals surface area contributed by atoms with Crippen molar-refractivity contribution in [3.05, 3.63) is 36.2 Å². The number of alkyl halides is 3. The Morgan fingerprint density at radius 3 is 2.79 bits per heavy atom. The van der Waals surface area contributed by atoms with Crippen LogP contribution < -0.4 is 0 Å². The van der Waals surface area contributed by atoms with Crippen molar-refractivity contribution in [2.45, 2.75) is 32.3 Å². The summed E-state index contributed by atoms with van der Waals surface area (Å²) in [5.41, 5.74) is -0.185. The molecule has 19 heavy (non-hydrogen) atoms. The fourth-order valence-electron chi connectivity index (χ4n) is 1.75. The van der Waals surface area contributed by atoms with Gasteiger partial charge in [0.2, 0.25) is 0 Å². The minimum absolute atomic E-state index is 0.185. The van der Waals surface area contributed by atoms with Crippen LogP contribution in [0.2, 0.25) is 0 Å². The lowest BCUT2D eigenvalue weighted by Crippen LogP contribution is -2.19. The van der Waals surface area contributed by atoms with E-state index in [2.05, 4.69) is 10.1 Å². The number of rotatable bonds is 4. The van der Waals surface area contributed by atoms with Gasteiger partial charge in [-0.25, -0.2) is 9.67 Å². The molecule has 0 bridgehead atoms. The molecule has 8 heteroatoms. The zero-order chi connectivity index (χ0) is 14.0. The summed E-state index contributed by atoms with van der Waals surface area (Å²) in [6, 6.07) is 1.24. The quantitative estimate of drug-likeness (QED) is 0.924. The molecule has 5 nitrogen and oxygen atoms in total. The zero-order valence-electron chi connectivity index (χ0n) is 10.2. The van der Waals surface area contributed by atoms with Crippen molar-refractivity contribution in [1.82, 2.24) is 19.3 Å². The number of hydrogen-bond acceptors (Lipinski definition) is 3. The molecule has 2 aromatic heterocycles. The summed E-state index contributed by atoms with van der Waals surface area (Å²) in [5.74, 6) is 0.645. The van der Waals surface area contributed by atoms with Crippen LogP contribution in [0.25, 0.3) is 0 Å². The molecule has 0 radical (unpaired) electrons. The van der Waals surface area contributed by atoms with Crippen LogP contribution in [0, 0.1) is 0 Å². The van der Waals surface area contributed by atoms with Crippen LogP contribution in [-0.4, -0.2) is 30.6 Å². The van der Waals surface area contributed by atoms with Crippen LogP contribution >= 0.6 is 0 Å². The first-order valence-electron chi connectivity index (χ1n) is 5.69. The lowest BCUT2D eigenvalue weighted by molar-refractivity contribution is -0.206. The standard InChI is InChI=1S/C11H13F3N4O/c1-2-18-9(15-7-16-18)6-17-4-3-8(5-17)10(19)11(12,13)14/h3-5,7,10,19H,2,6H2,1H3. The molecule has 2 aromatic rings. The summed E-state index contributed by atoms with van der Waals surface area (Å²) in [6.07, 6.45) is -2.99. The molecule has 1 N–H and O–H groups in total. The van der Waals surface area contributed by atoms with E-state index in [-0.39, 0.29) is 5.56 Å². The number of aliphatic hydroxyl groups is 1. The Morgan fingerprint density at radius 1 is 1.42 bits per heavy atom. The molecule has 1 atom stereocenters. The molecule has 104 valence electrons.